The van der Waals surface area contributed by atoms with Gasteiger partial charge in [0.1, 0.15) is 18.1 Å². The molecule has 1 atom stereocenters. The number of nitrogens with zero attached hydrogens (tertiary/aromatic N) is 3. The van der Waals surface area contributed by atoms with Crippen molar-refractivity contribution in [1.29, 1.82) is 0 Å². The Kier molecular flexibility index (Phi) is 4.77. The lowest BCUT2D eigenvalue weighted by molar-refractivity contribution is 0.340. The zero-order valence-corrected chi connectivity index (χ0v) is 16.7. The van der Waals surface area contributed by atoms with Crippen LogP contribution < -0.4 is 10.1 Å². The third kappa shape index (κ3) is 3.46. The van der Waals surface area contributed by atoms with E-state index in [2.05, 4.69) is 82.1 Å². The molecule has 148 valence electrons. The Morgan fingerprint density at radius 1 is 0.867 bits per heavy atom. The van der Waals surface area contributed by atoms with E-state index >= 15 is 0 Å². The van der Waals surface area contributed by atoms with Crippen molar-refractivity contribution in [3.8, 4) is 16.9 Å². The highest BCUT2D eigenvalue weighted by atomic mass is 16.5. The highest BCUT2D eigenvalue weighted by Gasteiger charge is 2.23. The van der Waals surface area contributed by atoms with Crippen LogP contribution in [0.1, 0.15) is 24.1 Å². The molecule has 2 heterocycles. The molecule has 0 saturated carbocycles. The summed E-state index contributed by atoms with van der Waals surface area (Å²) in [6, 6.07) is 27.1. The molecule has 0 unspecified atom stereocenters. The molecule has 4 aromatic rings. The average Bonchev–Trinajstić information content (AvgIpc) is 3.29. The lowest BCUT2D eigenvalue weighted by Crippen LogP contribution is -2.20. The van der Waals surface area contributed by atoms with Gasteiger partial charge in [-0.2, -0.15) is 10.1 Å². The third-order valence-corrected chi connectivity index (χ3v) is 5.24. The van der Waals surface area contributed by atoms with Crippen molar-refractivity contribution in [2.45, 2.75) is 13.0 Å². The van der Waals surface area contributed by atoms with Gasteiger partial charge in [0.25, 0.3) is 0 Å². The second kappa shape index (κ2) is 7.87. The van der Waals surface area contributed by atoms with Crippen LogP contribution in [-0.2, 0) is 0 Å². The molecule has 0 saturated heterocycles. The number of rotatable bonds is 5. The smallest absolute Gasteiger partial charge is 0.226 e. The van der Waals surface area contributed by atoms with Crippen LogP contribution in [0.25, 0.3) is 16.8 Å². The summed E-state index contributed by atoms with van der Waals surface area (Å²) in [5.74, 6) is 1.60. The molecule has 3 aromatic carbocycles. The van der Waals surface area contributed by atoms with Crippen LogP contribution in [0.3, 0.4) is 0 Å². The fraction of sp³-hybridized carbons (Fsp3) is 0.120. The Morgan fingerprint density at radius 3 is 2.30 bits per heavy atom. The molecular formula is C25H22N4O. The average molecular weight is 394 g/mol. The van der Waals surface area contributed by atoms with E-state index in [1.54, 1.807) is 6.33 Å². The van der Waals surface area contributed by atoms with Crippen molar-refractivity contribution in [3.05, 3.63) is 102 Å². The van der Waals surface area contributed by atoms with Crippen molar-refractivity contribution < 1.29 is 4.74 Å². The minimum absolute atomic E-state index is 0.0387. The first-order valence-corrected chi connectivity index (χ1v) is 10.1. The van der Waals surface area contributed by atoms with E-state index < -0.39 is 0 Å². The monoisotopic (exact) mass is 394 g/mol. The topological polar surface area (TPSA) is 52.0 Å². The lowest BCUT2D eigenvalue weighted by atomic mass is 9.99. The Hall–Kier alpha value is -3.86. The molecular weight excluding hydrogens is 372 g/mol. The van der Waals surface area contributed by atoms with Gasteiger partial charge < -0.3 is 10.1 Å². The molecule has 5 rings (SSSR count). The van der Waals surface area contributed by atoms with Gasteiger partial charge in [-0.15, -0.1) is 0 Å². The van der Waals surface area contributed by atoms with Crippen LogP contribution in [0.4, 0.5) is 5.95 Å². The van der Waals surface area contributed by atoms with Gasteiger partial charge in [0.2, 0.25) is 5.95 Å². The summed E-state index contributed by atoms with van der Waals surface area (Å²) in [5, 5.41) is 7.83. The zero-order valence-electron chi connectivity index (χ0n) is 16.7. The summed E-state index contributed by atoms with van der Waals surface area (Å²) < 4.78 is 7.48. The van der Waals surface area contributed by atoms with Crippen molar-refractivity contribution >= 4 is 11.6 Å². The van der Waals surface area contributed by atoms with Gasteiger partial charge in [-0.1, -0.05) is 66.7 Å². The fourth-order valence-electron chi connectivity index (χ4n) is 3.74. The standard InChI is InChI=1S/C25H22N4O/c1-2-30-22-14-12-21(13-15-22)24-16-23(28-25-26-17-27-29(24)25)20-10-8-19(9-11-20)18-6-4-3-5-7-18/h3-17,24H,2H2,1H3,(H,26,27,28)/t24-/m0/s1. The number of hydrogen-bond acceptors (Lipinski definition) is 4. The normalized spacial score (nSPS) is 15.1. The molecule has 0 spiro atoms. The summed E-state index contributed by atoms with van der Waals surface area (Å²) in [5.41, 5.74) is 5.67. The van der Waals surface area contributed by atoms with Crippen LogP contribution in [0.15, 0.2) is 91.3 Å². The summed E-state index contributed by atoms with van der Waals surface area (Å²) in [6.45, 7) is 2.64. The Labute approximate surface area is 175 Å². The van der Waals surface area contributed by atoms with E-state index in [9.17, 15) is 0 Å². The van der Waals surface area contributed by atoms with Crippen molar-refractivity contribution in [3.63, 3.8) is 0 Å². The molecule has 0 fully saturated rings. The molecule has 0 aliphatic carbocycles. The van der Waals surface area contributed by atoms with Crippen molar-refractivity contribution in [1.82, 2.24) is 14.8 Å². The molecule has 0 bridgehead atoms. The van der Waals surface area contributed by atoms with Gasteiger partial charge in [-0.3, -0.25) is 0 Å². The molecule has 5 nitrogen and oxygen atoms in total. The number of hydrogen-bond donors (Lipinski definition) is 1. The Balaban J connectivity index is 1.48. The number of fused-ring (bicyclic) bond motifs is 1. The SMILES string of the molecule is CCOc1ccc([C@@H]2C=C(c3ccc(-c4ccccc4)cc3)Nc3ncnn32)cc1. The lowest BCUT2D eigenvalue weighted by Gasteiger charge is -2.24. The highest BCUT2D eigenvalue weighted by Crippen LogP contribution is 2.33. The van der Waals surface area contributed by atoms with E-state index in [0.717, 1.165) is 28.5 Å². The van der Waals surface area contributed by atoms with E-state index in [0.29, 0.717) is 6.61 Å². The van der Waals surface area contributed by atoms with Crippen LogP contribution in [0.5, 0.6) is 5.75 Å². The maximum absolute atomic E-state index is 5.58. The second-order valence-electron chi connectivity index (χ2n) is 7.12. The molecule has 0 amide bonds. The molecule has 1 aliphatic heterocycles. The third-order valence-electron chi connectivity index (χ3n) is 5.24. The van der Waals surface area contributed by atoms with Crippen LogP contribution >= 0.6 is 0 Å². The Bertz CT molecular complexity index is 1160. The molecule has 30 heavy (non-hydrogen) atoms. The first kappa shape index (κ1) is 18.2. The van der Waals surface area contributed by atoms with E-state index in [1.807, 2.05) is 29.8 Å². The predicted molar refractivity (Wildman–Crippen MR) is 119 cm³/mol. The van der Waals surface area contributed by atoms with Gasteiger partial charge >= 0.3 is 0 Å². The van der Waals surface area contributed by atoms with Crippen LogP contribution in [0, 0.1) is 0 Å². The van der Waals surface area contributed by atoms with E-state index in [-0.39, 0.29) is 6.04 Å². The first-order valence-electron chi connectivity index (χ1n) is 10.1. The van der Waals surface area contributed by atoms with Crippen LogP contribution in [-0.4, -0.2) is 21.4 Å². The van der Waals surface area contributed by atoms with Crippen LogP contribution in [0.2, 0.25) is 0 Å². The number of ether oxygens (including phenoxy) is 1. The van der Waals surface area contributed by atoms with Crippen molar-refractivity contribution in [2.75, 3.05) is 11.9 Å². The van der Waals surface area contributed by atoms with Crippen molar-refractivity contribution in [2.24, 2.45) is 0 Å². The molecule has 1 aliphatic rings. The fourth-order valence-corrected chi connectivity index (χ4v) is 3.74. The molecule has 1 N–H and O–H groups in total. The molecule has 1 aromatic heterocycles. The highest BCUT2D eigenvalue weighted by molar-refractivity contribution is 5.78. The number of nitrogens with one attached hydrogen (secondary N) is 1. The maximum atomic E-state index is 5.58. The van der Waals surface area contributed by atoms with Gasteiger partial charge in [0, 0.05) is 5.70 Å². The predicted octanol–water partition coefficient (Wildman–Crippen LogP) is 5.40. The number of anilines is 1. The van der Waals surface area contributed by atoms with Gasteiger partial charge in [-0.05, 0) is 47.4 Å². The number of allylic oxidation sites excluding steroid dienone is 1. The zero-order chi connectivity index (χ0) is 20.3. The first-order chi connectivity index (χ1) is 14.8. The van der Waals surface area contributed by atoms with E-state index in [1.165, 1.54) is 11.1 Å². The second-order valence-corrected chi connectivity index (χ2v) is 7.12. The maximum Gasteiger partial charge on any atom is 0.226 e. The van der Waals surface area contributed by atoms with Gasteiger partial charge in [0.15, 0.2) is 0 Å². The van der Waals surface area contributed by atoms with E-state index in [4.69, 9.17) is 4.74 Å². The summed E-state index contributed by atoms with van der Waals surface area (Å²) in [7, 11) is 0. The minimum Gasteiger partial charge on any atom is -0.494 e. The minimum atomic E-state index is -0.0387. The molecule has 0 radical (unpaired) electrons. The van der Waals surface area contributed by atoms with Gasteiger partial charge in [-0.25, -0.2) is 4.68 Å². The largest absolute Gasteiger partial charge is 0.494 e. The summed E-state index contributed by atoms with van der Waals surface area (Å²) >= 11 is 0. The quantitative estimate of drug-likeness (QED) is 0.492. The summed E-state index contributed by atoms with van der Waals surface area (Å²) in [6.07, 6.45) is 3.77. The summed E-state index contributed by atoms with van der Waals surface area (Å²) in [4.78, 5) is 4.40. The Morgan fingerprint density at radius 2 is 1.57 bits per heavy atom. The number of benzene rings is 3. The number of aromatic nitrogens is 3. The molecule has 5 heteroatoms. The van der Waals surface area contributed by atoms with Gasteiger partial charge in [0.05, 0.1) is 6.61 Å².